The fraction of sp³-hybridized carbons (Fsp3) is 0.375. The van der Waals surface area contributed by atoms with Gasteiger partial charge in [0.1, 0.15) is 0 Å². The highest BCUT2D eigenvalue weighted by Crippen LogP contribution is 2.22. The lowest BCUT2D eigenvalue weighted by Gasteiger charge is -2.17. The van der Waals surface area contributed by atoms with E-state index < -0.39 is 12.1 Å². The predicted molar refractivity (Wildman–Crippen MR) is 121 cm³/mol. The second kappa shape index (κ2) is 10.6. The minimum Gasteiger partial charge on any atom is -0.449 e. The summed E-state index contributed by atoms with van der Waals surface area (Å²) in [7, 11) is 0. The molecule has 0 unspecified atom stereocenters. The maximum atomic E-state index is 12.5. The van der Waals surface area contributed by atoms with Gasteiger partial charge < -0.3 is 20.7 Å². The van der Waals surface area contributed by atoms with E-state index >= 15 is 0 Å². The first-order valence-corrected chi connectivity index (χ1v) is 10.3. The molecular formula is C24H31N3O4. The van der Waals surface area contributed by atoms with E-state index in [-0.39, 0.29) is 18.0 Å². The second-order valence-corrected chi connectivity index (χ2v) is 7.99. The molecule has 0 aromatic heterocycles. The molecule has 7 heteroatoms. The van der Waals surface area contributed by atoms with Gasteiger partial charge in [-0.2, -0.15) is 0 Å². The van der Waals surface area contributed by atoms with Crippen molar-refractivity contribution in [3.05, 3.63) is 64.2 Å². The number of rotatable bonds is 7. The van der Waals surface area contributed by atoms with Crippen molar-refractivity contribution >= 4 is 23.6 Å². The van der Waals surface area contributed by atoms with Gasteiger partial charge in [-0.25, -0.2) is 9.59 Å². The smallest absolute Gasteiger partial charge is 0.338 e. The van der Waals surface area contributed by atoms with Gasteiger partial charge in [-0.05, 0) is 70.4 Å². The van der Waals surface area contributed by atoms with Gasteiger partial charge >= 0.3 is 12.0 Å². The van der Waals surface area contributed by atoms with Crippen molar-refractivity contribution in [2.24, 2.45) is 0 Å². The molecule has 2 rings (SSSR count). The number of hydrogen-bond donors (Lipinski definition) is 3. The largest absolute Gasteiger partial charge is 0.449 e. The Balaban J connectivity index is 1.92. The number of urea groups is 1. The van der Waals surface area contributed by atoms with Gasteiger partial charge in [0.2, 0.25) is 0 Å². The molecule has 31 heavy (non-hydrogen) atoms. The lowest BCUT2D eigenvalue weighted by atomic mass is 10.0. The maximum Gasteiger partial charge on any atom is 0.338 e. The summed E-state index contributed by atoms with van der Waals surface area (Å²) in [5, 5.41) is 8.33. The molecule has 0 radical (unpaired) electrons. The van der Waals surface area contributed by atoms with E-state index in [2.05, 4.69) is 16.0 Å². The molecule has 2 aromatic rings. The van der Waals surface area contributed by atoms with Crippen molar-refractivity contribution in [2.75, 3.05) is 5.32 Å². The predicted octanol–water partition coefficient (Wildman–Crippen LogP) is 4.00. The minimum absolute atomic E-state index is 0.0511. The van der Waals surface area contributed by atoms with Crippen LogP contribution in [-0.2, 0) is 16.1 Å². The van der Waals surface area contributed by atoms with Gasteiger partial charge in [0.05, 0.1) is 5.56 Å². The van der Waals surface area contributed by atoms with Crippen LogP contribution in [-0.4, -0.2) is 30.1 Å². The summed E-state index contributed by atoms with van der Waals surface area (Å²) in [5.74, 6) is -0.975. The van der Waals surface area contributed by atoms with E-state index in [1.54, 1.807) is 24.3 Å². The zero-order valence-corrected chi connectivity index (χ0v) is 19.0. The number of benzene rings is 2. The highest BCUT2D eigenvalue weighted by Gasteiger charge is 2.20. The number of anilines is 1. The SMILES string of the molecule is Cc1cc(C)c(NC(=O)[C@H](C)OC(=O)c2ccc(CNC(=O)NC(C)C)cc2)c(C)c1. The minimum atomic E-state index is -0.950. The molecule has 0 aliphatic carbocycles. The zero-order valence-electron chi connectivity index (χ0n) is 19.0. The lowest BCUT2D eigenvalue weighted by molar-refractivity contribution is -0.123. The van der Waals surface area contributed by atoms with E-state index in [4.69, 9.17) is 4.74 Å². The number of aryl methyl sites for hydroxylation is 3. The highest BCUT2D eigenvalue weighted by atomic mass is 16.5. The average molecular weight is 426 g/mol. The standard InChI is InChI=1S/C24H31N3O4/c1-14(2)26-24(30)25-13-19-7-9-20(10-8-19)23(29)31-18(6)22(28)27-21-16(4)11-15(3)12-17(21)5/h7-12,14,18H,13H2,1-6H3,(H,27,28)(H2,25,26,30)/t18-/m0/s1. The van der Waals surface area contributed by atoms with Gasteiger partial charge in [-0.15, -0.1) is 0 Å². The van der Waals surface area contributed by atoms with E-state index in [0.717, 1.165) is 27.9 Å². The van der Waals surface area contributed by atoms with Crippen molar-refractivity contribution in [2.45, 2.75) is 60.2 Å². The molecule has 0 fully saturated rings. The van der Waals surface area contributed by atoms with E-state index in [1.165, 1.54) is 6.92 Å². The van der Waals surface area contributed by atoms with Crippen LogP contribution in [0.4, 0.5) is 10.5 Å². The van der Waals surface area contributed by atoms with Crippen molar-refractivity contribution in [3.63, 3.8) is 0 Å². The number of carbonyl (C=O) groups excluding carboxylic acids is 3. The summed E-state index contributed by atoms with van der Waals surface area (Å²) in [6.45, 7) is 11.5. The number of nitrogens with one attached hydrogen (secondary N) is 3. The number of esters is 1. The Kier molecular flexibility index (Phi) is 8.19. The normalized spacial score (nSPS) is 11.6. The number of hydrogen-bond acceptors (Lipinski definition) is 4. The molecule has 0 aliphatic heterocycles. The molecular weight excluding hydrogens is 394 g/mol. The first-order valence-electron chi connectivity index (χ1n) is 10.3. The molecule has 3 amide bonds. The quantitative estimate of drug-likeness (QED) is 0.584. The Morgan fingerprint density at radius 1 is 0.935 bits per heavy atom. The first kappa shape index (κ1) is 23.9. The molecule has 2 aromatic carbocycles. The lowest BCUT2D eigenvalue weighted by Crippen LogP contribution is -2.39. The Morgan fingerprint density at radius 2 is 1.52 bits per heavy atom. The molecule has 0 spiro atoms. The Labute approximate surface area is 183 Å². The highest BCUT2D eigenvalue weighted by molar-refractivity contribution is 5.98. The van der Waals surface area contributed by atoms with Gasteiger partial charge in [0.15, 0.2) is 6.10 Å². The second-order valence-electron chi connectivity index (χ2n) is 7.99. The third kappa shape index (κ3) is 7.13. The molecule has 3 N–H and O–H groups in total. The summed E-state index contributed by atoms with van der Waals surface area (Å²) in [6, 6.07) is 10.5. The van der Waals surface area contributed by atoms with Crippen LogP contribution in [0.2, 0.25) is 0 Å². The summed E-state index contributed by atoms with van der Waals surface area (Å²) in [4.78, 5) is 36.6. The van der Waals surface area contributed by atoms with Crippen molar-refractivity contribution in [1.29, 1.82) is 0 Å². The summed E-state index contributed by atoms with van der Waals surface area (Å²) in [6.07, 6.45) is -0.950. The third-order valence-electron chi connectivity index (χ3n) is 4.64. The average Bonchev–Trinajstić information content (AvgIpc) is 2.68. The summed E-state index contributed by atoms with van der Waals surface area (Å²) >= 11 is 0. The Hall–Kier alpha value is -3.35. The first-order chi connectivity index (χ1) is 14.6. The van der Waals surface area contributed by atoms with Crippen LogP contribution < -0.4 is 16.0 Å². The Morgan fingerprint density at radius 3 is 2.06 bits per heavy atom. The van der Waals surface area contributed by atoms with Crippen LogP contribution in [0.3, 0.4) is 0 Å². The van der Waals surface area contributed by atoms with E-state index in [0.29, 0.717) is 12.1 Å². The molecule has 166 valence electrons. The molecule has 0 bridgehead atoms. The number of ether oxygens (including phenoxy) is 1. The van der Waals surface area contributed by atoms with Crippen molar-refractivity contribution < 1.29 is 19.1 Å². The number of amides is 3. The van der Waals surface area contributed by atoms with Crippen molar-refractivity contribution in [3.8, 4) is 0 Å². The molecule has 1 atom stereocenters. The Bertz CT molecular complexity index is 929. The van der Waals surface area contributed by atoms with Gasteiger partial charge in [0, 0.05) is 18.3 Å². The zero-order chi connectivity index (χ0) is 23.1. The molecule has 0 aliphatic rings. The van der Waals surface area contributed by atoms with Crippen LogP contribution in [0.1, 0.15) is 53.4 Å². The van der Waals surface area contributed by atoms with Crippen LogP contribution in [0.25, 0.3) is 0 Å². The summed E-state index contributed by atoms with van der Waals surface area (Å²) < 4.78 is 5.32. The third-order valence-corrected chi connectivity index (χ3v) is 4.64. The fourth-order valence-corrected chi connectivity index (χ4v) is 3.14. The molecule has 7 nitrogen and oxygen atoms in total. The van der Waals surface area contributed by atoms with Gasteiger partial charge in [-0.3, -0.25) is 4.79 Å². The van der Waals surface area contributed by atoms with Crippen LogP contribution in [0.5, 0.6) is 0 Å². The van der Waals surface area contributed by atoms with E-state index in [9.17, 15) is 14.4 Å². The van der Waals surface area contributed by atoms with Crippen LogP contribution >= 0.6 is 0 Å². The van der Waals surface area contributed by atoms with Crippen molar-refractivity contribution in [1.82, 2.24) is 10.6 Å². The number of carbonyl (C=O) groups is 3. The van der Waals surface area contributed by atoms with E-state index in [1.807, 2.05) is 46.8 Å². The topological polar surface area (TPSA) is 96.5 Å². The maximum absolute atomic E-state index is 12.5. The van der Waals surface area contributed by atoms with Gasteiger partial charge in [0.25, 0.3) is 5.91 Å². The molecule has 0 saturated heterocycles. The fourth-order valence-electron chi connectivity index (χ4n) is 3.14. The molecule has 0 heterocycles. The monoisotopic (exact) mass is 425 g/mol. The molecule has 0 saturated carbocycles. The summed E-state index contributed by atoms with van der Waals surface area (Å²) in [5.41, 5.74) is 4.93. The van der Waals surface area contributed by atoms with Crippen LogP contribution in [0, 0.1) is 20.8 Å². The van der Waals surface area contributed by atoms with Gasteiger partial charge in [-0.1, -0.05) is 29.8 Å². The van der Waals surface area contributed by atoms with Crippen LogP contribution in [0.15, 0.2) is 36.4 Å².